The smallest absolute Gasteiger partial charge is 0.132 e. The van der Waals surface area contributed by atoms with Gasteiger partial charge in [0.15, 0.2) is 0 Å². The zero-order valence-corrected chi connectivity index (χ0v) is 9.41. The molecule has 17 heavy (non-hydrogen) atoms. The molecule has 2 aromatic carbocycles. The maximum absolute atomic E-state index is 9.13. The Kier molecular flexibility index (Phi) is 3.95. The molecule has 0 spiro atoms. The lowest BCUT2D eigenvalue weighted by Crippen LogP contribution is -1.89. The van der Waals surface area contributed by atoms with Crippen molar-refractivity contribution in [3.8, 4) is 5.75 Å². The van der Waals surface area contributed by atoms with Gasteiger partial charge in [-0.3, -0.25) is 0 Å². The molecule has 0 bridgehead atoms. The molecule has 0 amide bonds. The highest BCUT2D eigenvalue weighted by Crippen LogP contribution is 2.18. The predicted molar refractivity (Wildman–Crippen MR) is 68.5 cm³/mol. The summed E-state index contributed by atoms with van der Waals surface area (Å²) < 4.78 is 5.49. The summed E-state index contributed by atoms with van der Waals surface area (Å²) in [6.45, 7) is -0.0185. The van der Waals surface area contributed by atoms with E-state index in [1.165, 1.54) is 0 Å². The number of ether oxygens (including phenoxy) is 1. The van der Waals surface area contributed by atoms with E-state index < -0.39 is 0 Å². The number of aliphatic hydroxyl groups excluding tert-OH is 1. The van der Waals surface area contributed by atoms with E-state index in [1.807, 2.05) is 60.7 Å². The number of rotatable bonds is 4. The van der Waals surface area contributed by atoms with Crippen molar-refractivity contribution >= 4 is 6.08 Å². The molecule has 0 saturated heterocycles. The molecule has 1 N–H and O–H groups in total. The van der Waals surface area contributed by atoms with Crippen LogP contribution in [0.3, 0.4) is 0 Å². The molecule has 0 aliphatic rings. The third-order valence-electron chi connectivity index (χ3n) is 2.40. The molecule has 0 atom stereocenters. The molecule has 0 aliphatic carbocycles. The van der Waals surface area contributed by atoms with E-state index in [-0.39, 0.29) is 6.61 Å². The van der Waals surface area contributed by atoms with Crippen molar-refractivity contribution in [3.05, 3.63) is 72.0 Å². The topological polar surface area (TPSA) is 29.5 Å². The lowest BCUT2D eigenvalue weighted by atomic mass is 10.2. The minimum atomic E-state index is -0.0185. The highest BCUT2D eigenvalue weighted by Gasteiger charge is 1.98. The number of para-hydroxylation sites is 1. The van der Waals surface area contributed by atoms with Crippen molar-refractivity contribution in [2.45, 2.75) is 6.61 Å². The summed E-state index contributed by atoms with van der Waals surface area (Å²) in [5.41, 5.74) is 1.86. The molecule has 0 saturated carbocycles. The Morgan fingerprint density at radius 2 is 1.65 bits per heavy atom. The molecule has 0 unspecified atom stereocenters. The summed E-state index contributed by atoms with van der Waals surface area (Å²) in [6, 6.07) is 17.3. The second-order valence-electron chi connectivity index (χ2n) is 3.60. The van der Waals surface area contributed by atoms with Crippen molar-refractivity contribution in [2.75, 3.05) is 0 Å². The number of aliphatic hydroxyl groups is 1. The van der Waals surface area contributed by atoms with E-state index in [1.54, 1.807) is 6.26 Å². The van der Waals surface area contributed by atoms with E-state index in [2.05, 4.69) is 0 Å². The van der Waals surface area contributed by atoms with Crippen LogP contribution in [0, 0.1) is 0 Å². The van der Waals surface area contributed by atoms with Gasteiger partial charge < -0.3 is 9.84 Å². The summed E-state index contributed by atoms with van der Waals surface area (Å²) in [7, 11) is 0. The van der Waals surface area contributed by atoms with E-state index >= 15 is 0 Å². The fourth-order valence-corrected chi connectivity index (χ4v) is 1.50. The van der Waals surface area contributed by atoms with Crippen molar-refractivity contribution in [1.82, 2.24) is 0 Å². The van der Waals surface area contributed by atoms with Crippen molar-refractivity contribution in [3.63, 3.8) is 0 Å². The predicted octanol–water partition coefficient (Wildman–Crippen LogP) is 3.23. The third-order valence-corrected chi connectivity index (χ3v) is 2.40. The maximum atomic E-state index is 9.13. The Labute approximate surface area is 101 Å². The third kappa shape index (κ3) is 3.20. The first-order valence-corrected chi connectivity index (χ1v) is 5.47. The second kappa shape index (κ2) is 5.87. The zero-order valence-electron chi connectivity index (χ0n) is 9.41. The van der Waals surface area contributed by atoms with Gasteiger partial charge in [-0.1, -0.05) is 48.5 Å². The first-order valence-electron chi connectivity index (χ1n) is 5.47. The van der Waals surface area contributed by atoms with Crippen LogP contribution in [0.1, 0.15) is 11.1 Å². The first kappa shape index (κ1) is 11.4. The van der Waals surface area contributed by atoms with E-state index in [9.17, 15) is 0 Å². The molecule has 0 aromatic heterocycles. The van der Waals surface area contributed by atoms with Gasteiger partial charge in [-0.15, -0.1) is 0 Å². The molecular weight excluding hydrogens is 212 g/mol. The number of hydrogen-bond donors (Lipinski definition) is 1. The monoisotopic (exact) mass is 226 g/mol. The molecule has 0 heterocycles. The second-order valence-corrected chi connectivity index (χ2v) is 3.60. The van der Waals surface area contributed by atoms with Crippen LogP contribution in [0.4, 0.5) is 0 Å². The van der Waals surface area contributed by atoms with Crippen LogP contribution in [0.2, 0.25) is 0 Å². The standard InChI is InChI=1S/C15H14O2/c16-12-14-8-4-5-9-15(14)17-11-10-13-6-2-1-3-7-13/h1-11,16H,12H2/b11-10-. The van der Waals surface area contributed by atoms with Crippen LogP contribution in [0.25, 0.3) is 6.08 Å². The van der Waals surface area contributed by atoms with Crippen LogP contribution in [-0.4, -0.2) is 5.11 Å². The van der Waals surface area contributed by atoms with Crippen molar-refractivity contribution in [1.29, 1.82) is 0 Å². The Morgan fingerprint density at radius 3 is 2.41 bits per heavy atom. The van der Waals surface area contributed by atoms with E-state index in [0.717, 1.165) is 11.1 Å². The molecule has 2 rings (SSSR count). The van der Waals surface area contributed by atoms with Crippen molar-refractivity contribution < 1.29 is 9.84 Å². The van der Waals surface area contributed by atoms with Crippen molar-refractivity contribution in [2.24, 2.45) is 0 Å². The maximum Gasteiger partial charge on any atom is 0.132 e. The summed E-state index contributed by atoms with van der Waals surface area (Å²) in [4.78, 5) is 0. The Morgan fingerprint density at radius 1 is 0.941 bits per heavy atom. The fraction of sp³-hybridized carbons (Fsp3) is 0.0667. The molecule has 86 valence electrons. The van der Waals surface area contributed by atoms with E-state index in [0.29, 0.717) is 5.75 Å². The van der Waals surface area contributed by atoms with Crippen LogP contribution in [0.15, 0.2) is 60.9 Å². The number of benzene rings is 2. The average Bonchev–Trinajstić information content (AvgIpc) is 2.40. The highest BCUT2D eigenvalue weighted by molar-refractivity contribution is 5.48. The van der Waals surface area contributed by atoms with Crippen LogP contribution in [-0.2, 0) is 6.61 Å². The van der Waals surface area contributed by atoms with Crippen LogP contribution in [0.5, 0.6) is 5.75 Å². The minimum Gasteiger partial charge on any atom is -0.465 e. The van der Waals surface area contributed by atoms with Crippen LogP contribution >= 0.6 is 0 Å². The number of hydrogen-bond acceptors (Lipinski definition) is 2. The summed E-state index contributed by atoms with van der Waals surface area (Å²) in [5.74, 6) is 0.683. The summed E-state index contributed by atoms with van der Waals surface area (Å²) in [6.07, 6.45) is 3.51. The van der Waals surface area contributed by atoms with Gasteiger partial charge >= 0.3 is 0 Å². The minimum absolute atomic E-state index is 0.0185. The lowest BCUT2D eigenvalue weighted by Gasteiger charge is -2.04. The molecule has 2 heteroatoms. The normalized spacial score (nSPS) is 10.6. The molecule has 0 fully saturated rings. The summed E-state index contributed by atoms with van der Waals surface area (Å²) >= 11 is 0. The quantitative estimate of drug-likeness (QED) is 0.811. The van der Waals surface area contributed by atoms with E-state index in [4.69, 9.17) is 9.84 Å². The molecular formula is C15H14O2. The lowest BCUT2D eigenvalue weighted by molar-refractivity contribution is 0.276. The van der Waals surface area contributed by atoms with Gasteiger partial charge in [0.05, 0.1) is 12.9 Å². The van der Waals surface area contributed by atoms with Gasteiger partial charge in [0.1, 0.15) is 5.75 Å². The van der Waals surface area contributed by atoms with Gasteiger partial charge in [-0.25, -0.2) is 0 Å². The Hall–Kier alpha value is -2.06. The Balaban J connectivity index is 2.05. The van der Waals surface area contributed by atoms with Gasteiger partial charge in [-0.05, 0) is 17.7 Å². The molecule has 2 nitrogen and oxygen atoms in total. The molecule has 0 radical (unpaired) electrons. The SMILES string of the molecule is OCc1ccccc1O/C=C\c1ccccc1. The highest BCUT2D eigenvalue weighted by atomic mass is 16.5. The molecule has 0 aliphatic heterocycles. The van der Waals surface area contributed by atoms with Gasteiger partial charge in [-0.2, -0.15) is 0 Å². The van der Waals surface area contributed by atoms with Gasteiger partial charge in [0.25, 0.3) is 0 Å². The molecule has 2 aromatic rings. The zero-order chi connectivity index (χ0) is 11.9. The Bertz CT molecular complexity index is 489. The fourth-order valence-electron chi connectivity index (χ4n) is 1.50. The average molecular weight is 226 g/mol. The van der Waals surface area contributed by atoms with Gasteiger partial charge in [0, 0.05) is 5.56 Å². The van der Waals surface area contributed by atoms with Gasteiger partial charge in [0.2, 0.25) is 0 Å². The summed E-state index contributed by atoms with van der Waals surface area (Å²) in [5, 5.41) is 9.13. The van der Waals surface area contributed by atoms with Crippen LogP contribution < -0.4 is 4.74 Å². The first-order chi connectivity index (χ1) is 8.40. The largest absolute Gasteiger partial charge is 0.465 e.